The SMILES string of the molecule is CCCCCCCC1CC(=O)N[C@H](CC(C)C)C(=O)N[C@H](CC(=O)O)C(=O)NC([C@H](C)O)C(=O)N[C@H](CC(C)C)C(=O)N[C@H](CC(C)C)C(=O)N[C@H](CO)C(=O)N[C@@H](CC(C)C)C(=O)N[C@H](CO)C(=O)N[C@@H]([C@@H](C)CC)C(=O)N[C@@H]([C@@H](C)CC)C(=O)N[C@@H](CC(=O)O)C(=O)O1. The fourth-order valence-corrected chi connectivity index (χ4v) is 10.3. The number of nitrogens with one attached hydrogen (secondary N) is 11. The number of carbonyl (C=O) groups excluding carboxylic acids is 12. The lowest BCUT2D eigenvalue weighted by Gasteiger charge is -2.31. The number of unbranched alkanes of at least 4 members (excludes halogenated alkanes) is 4. The number of aliphatic hydroxyl groups excluding tert-OH is 3. The topological polar surface area (TPSA) is 482 Å². The second-order valence-electron chi connectivity index (χ2n) is 26.6. The normalized spacial score (nSPS) is 26.6. The zero-order chi connectivity index (χ0) is 72.6. The zero-order valence-corrected chi connectivity index (χ0v) is 57.9. The number of carboxylic acids is 2. The lowest BCUT2D eigenvalue weighted by atomic mass is 9.94. The molecule has 1 aliphatic heterocycles. The van der Waals surface area contributed by atoms with Gasteiger partial charge in [-0.05, 0) is 81.0 Å². The number of aliphatic carboxylic acids is 2. The molecular weight excluding hydrogens is 1240 g/mol. The summed E-state index contributed by atoms with van der Waals surface area (Å²) < 4.78 is 5.82. The van der Waals surface area contributed by atoms with Crippen LogP contribution >= 0.6 is 0 Å². The molecule has 16 N–H and O–H groups in total. The predicted octanol–water partition coefficient (Wildman–Crippen LogP) is -0.413. The van der Waals surface area contributed by atoms with Crippen LogP contribution in [-0.4, -0.2) is 200 Å². The van der Waals surface area contributed by atoms with Gasteiger partial charge in [-0.2, -0.15) is 0 Å². The first-order valence-corrected chi connectivity index (χ1v) is 33.3. The Balaban J connectivity index is 4.25. The van der Waals surface area contributed by atoms with Gasteiger partial charge in [0, 0.05) is 0 Å². The molecule has 31 nitrogen and oxygen atoms in total. The highest BCUT2D eigenvalue weighted by Crippen LogP contribution is 2.19. The molecular formula is C64H111N11O20. The molecule has 542 valence electrons. The van der Waals surface area contributed by atoms with Crippen molar-refractivity contribution < 1.29 is 97.4 Å². The summed E-state index contributed by atoms with van der Waals surface area (Å²) in [4.78, 5) is 195. The first kappa shape index (κ1) is 85.5. The number of amides is 11. The van der Waals surface area contributed by atoms with Crippen molar-refractivity contribution in [3.05, 3.63) is 0 Å². The van der Waals surface area contributed by atoms with Crippen LogP contribution < -0.4 is 58.5 Å². The maximum atomic E-state index is 14.4. The smallest absolute Gasteiger partial charge is 0.329 e. The second-order valence-corrected chi connectivity index (χ2v) is 26.6. The highest BCUT2D eigenvalue weighted by molar-refractivity contribution is 6.00. The number of ether oxygens (including phenoxy) is 1. The van der Waals surface area contributed by atoms with Crippen LogP contribution in [0.1, 0.15) is 193 Å². The number of esters is 1. The number of carbonyl (C=O) groups is 14. The molecule has 0 bridgehead atoms. The third-order valence-electron chi connectivity index (χ3n) is 16.0. The van der Waals surface area contributed by atoms with Crippen LogP contribution in [0, 0.1) is 35.5 Å². The van der Waals surface area contributed by atoms with Gasteiger partial charge in [0.2, 0.25) is 65.0 Å². The molecule has 1 saturated heterocycles. The molecule has 0 saturated carbocycles. The van der Waals surface area contributed by atoms with Crippen molar-refractivity contribution >= 4 is 82.9 Å². The summed E-state index contributed by atoms with van der Waals surface area (Å²) in [5.41, 5.74) is 0. The number of aliphatic hydroxyl groups is 3. The molecule has 31 heteroatoms. The number of cyclic esters (lactones) is 1. The average molecular weight is 1350 g/mol. The summed E-state index contributed by atoms with van der Waals surface area (Å²) in [6.45, 7) is 21.1. The second kappa shape index (κ2) is 43.5. The molecule has 1 rings (SSSR count). The Hall–Kier alpha value is -7.54. The van der Waals surface area contributed by atoms with Crippen molar-refractivity contribution in [2.24, 2.45) is 35.5 Å². The zero-order valence-electron chi connectivity index (χ0n) is 57.9. The molecule has 1 aliphatic rings. The Morgan fingerprint density at radius 3 is 1.09 bits per heavy atom. The molecule has 11 amide bonds. The van der Waals surface area contributed by atoms with Gasteiger partial charge < -0.3 is 88.8 Å². The third kappa shape index (κ3) is 31.7. The minimum Gasteiger partial charge on any atom is -0.481 e. The van der Waals surface area contributed by atoms with E-state index in [2.05, 4.69) is 58.5 Å². The Labute approximate surface area is 557 Å². The van der Waals surface area contributed by atoms with Crippen LogP contribution in [0.2, 0.25) is 0 Å². The van der Waals surface area contributed by atoms with E-state index in [1.807, 2.05) is 6.92 Å². The molecule has 1 fully saturated rings. The van der Waals surface area contributed by atoms with Crippen molar-refractivity contribution in [1.29, 1.82) is 0 Å². The summed E-state index contributed by atoms with van der Waals surface area (Å²) in [6.07, 6.45) is -2.22. The Kier molecular flexibility index (Phi) is 39.2. The minimum atomic E-state index is -1.97. The number of hydrogen-bond donors (Lipinski definition) is 16. The van der Waals surface area contributed by atoms with Gasteiger partial charge in [-0.3, -0.25) is 62.3 Å². The van der Waals surface area contributed by atoms with Crippen molar-refractivity contribution in [3.63, 3.8) is 0 Å². The van der Waals surface area contributed by atoms with Gasteiger partial charge in [-0.25, -0.2) is 4.79 Å². The van der Waals surface area contributed by atoms with E-state index in [1.165, 1.54) is 0 Å². The number of carboxylic acid groups (broad SMARTS) is 2. The van der Waals surface area contributed by atoms with Crippen molar-refractivity contribution in [2.75, 3.05) is 13.2 Å². The van der Waals surface area contributed by atoms with Gasteiger partial charge in [-0.15, -0.1) is 0 Å². The largest absolute Gasteiger partial charge is 0.481 e. The summed E-state index contributed by atoms with van der Waals surface area (Å²) in [7, 11) is 0. The van der Waals surface area contributed by atoms with Crippen LogP contribution in [0.3, 0.4) is 0 Å². The fraction of sp³-hybridized carbons (Fsp3) is 0.781. The summed E-state index contributed by atoms with van der Waals surface area (Å²) in [5.74, 6) is -18.7. The van der Waals surface area contributed by atoms with Crippen LogP contribution in [0.15, 0.2) is 0 Å². The van der Waals surface area contributed by atoms with E-state index >= 15 is 0 Å². The molecule has 0 aliphatic carbocycles. The molecule has 95 heavy (non-hydrogen) atoms. The molecule has 15 atom stereocenters. The molecule has 0 aromatic heterocycles. The monoisotopic (exact) mass is 1350 g/mol. The molecule has 0 aromatic carbocycles. The van der Waals surface area contributed by atoms with Gasteiger partial charge in [-0.1, -0.05) is 129 Å². The summed E-state index contributed by atoms with van der Waals surface area (Å²) in [6, 6.07) is -18.3. The quantitative estimate of drug-likeness (QED) is 0.0408. The minimum absolute atomic E-state index is 0.0322. The summed E-state index contributed by atoms with van der Waals surface area (Å²) >= 11 is 0. The maximum absolute atomic E-state index is 14.4. The fourth-order valence-electron chi connectivity index (χ4n) is 10.3. The van der Waals surface area contributed by atoms with Gasteiger partial charge in [0.1, 0.15) is 72.6 Å². The molecule has 0 aromatic rings. The van der Waals surface area contributed by atoms with E-state index in [0.717, 1.165) is 26.2 Å². The number of rotatable bonds is 25. The van der Waals surface area contributed by atoms with Crippen molar-refractivity contribution in [3.8, 4) is 0 Å². The van der Waals surface area contributed by atoms with Crippen LogP contribution in [0.5, 0.6) is 0 Å². The van der Waals surface area contributed by atoms with Crippen LogP contribution in [0.25, 0.3) is 0 Å². The van der Waals surface area contributed by atoms with Crippen LogP contribution in [0.4, 0.5) is 0 Å². The first-order valence-electron chi connectivity index (χ1n) is 33.3. The predicted molar refractivity (Wildman–Crippen MR) is 346 cm³/mol. The third-order valence-corrected chi connectivity index (χ3v) is 16.0. The van der Waals surface area contributed by atoms with E-state index in [1.54, 1.807) is 83.1 Å². The molecule has 0 radical (unpaired) electrons. The Morgan fingerprint density at radius 1 is 0.400 bits per heavy atom. The molecule has 2 unspecified atom stereocenters. The summed E-state index contributed by atoms with van der Waals surface area (Å²) in [5, 5.41) is 78.9. The van der Waals surface area contributed by atoms with Gasteiger partial charge in [0.25, 0.3) is 0 Å². The number of hydrogen-bond acceptors (Lipinski definition) is 18. The highest BCUT2D eigenvalue weighted by atomic mass is 16.5. The lowest BCUT2D eigenvalue weighted by molar-refractivity contribution is -0.158. The Morgan fingerprint density at radius 2 is 0.705 bits per heavy atom. The van der Waals surface area contributed by atoms with E-state index in [0.29, 0.717) is 12.8 Å². The highest BCUT2D eigenvalue weighted by Gasteiger charge is 2.40. The van der Waals surface area contributed by atoms with Crippen molar-refractivity contribution in [2.45, 2.75) is 272 Å². The van der Waals surface area contributed by atoms with E-state index in [4.69, 9.17) is 4.74 Å². The van der Waals surface area contributed by atoms with E-state index in [-0.39, 0.29) is 68.6 Å². The van der Waals surface area contributed by atoms with Crippen molar-refractivity contribution in [1.82, 2.24) is 58.5 Å². The van der Waals surface area contributed by atoms with Gasteiger partial charge in [0.15, 0.2) is 0 Å². The first-order chi connectivity index (χ1) is 44.4. The standard InChI is InChI=1S/C64H111N11O20/c1-15-18-19-20-21-22-39-27-48(79)65-40(23-32(4)5)54(84)68-44(28-49(80)81)58(88)75-53(38(14)78)63(93)69-43(26-35(10)11)55(85)66-41(24-33(6)7)56(86)71-46(30-76)59(89)67-42(25-34(8)9)57(87)72-47(31-77)60(90)73-52(37(13)17-3)62(92)74-51(36(12)16-2)61(91)70-45(29-50(82)83)64(94)95-39/h32-47,51-53,76-78H,15-31H2,1-14H3,(H,65,79)(H,66,85)(H,67,89)(H,68,84)(H,69,93)(H,70,91)(H,71,86)(H,72,87)(H,73,90)(H,74,92)(H,75,88)(H,80,81)(H,82,83)/t36-,37-,38-,39?,40+,41+,42-,43+,44+,45-,46+,47+,51-,52-,53?/m0/s1. The lowest BCUT2D eigenvalue weighted by Crippen LogP contribution is -2.62. The average Bonchev–Trinajstić information content (AvgIpc) is 0.886. The Bertz CT molecular complexity index is 2570. The van der Waals surface area contributed by atoms with Crippen LogP contribution in [-0.2, 0) is 71.9 Å². The molecule has 1 heterocycles. The van der Waals surface area contributed by atoms with Gasteiger partial charge >= 0.3 is 17.9 Å². The van der Waals surface area contributed by atoms with E-state index in [9.17, 15) is 92.7 Å². The molecule has 0 spiro atoms. The van der Waals surface area contributed by atoms with Gasteiger partial charge in [0.05, 0.1) is 38.6 Å². The van der Waals surface area contributed by atoms with E-state index < -0.39 is 206 Å². The maximum Gasteiger partial charge on any atom is 0.329 e.